The number of nitrogens with one attached hydrogen (secondary N) is 1. The lowest BCUT2D eigenvalue weighted by atomic mass is 10.2. The average Bonchev–Trinajstić information content (AvgIpc) is 2.79. The Labute approximate surface area is 112 Å². The SMILES string of the molecule is CCc1nn(C)cc1C(=O)NCc1ccc(N)cc1. The molecule has 0 bridgehead atoms. The Morgan fingerprint density at radius 2 is 2.05 bits per heavy atom. The summed E-state index contributed by atoms with van der Waals surface area (Å²) in [5.74, 6) is -0.0956. The Balaban J connectivity index is 2.03. The first-order valence-corrected chi connectivity index (χ1v) is 6.25. The minimum absolute atomic E-state index is 0.0956. The molecule has 1 aromatic carbocycles. The maximum Gasteiger partial charge on any atom is 0.255 e. The summed E-state index contributed by atoms with van der Waals surface area (Å²) in [5.41, 5.74) is 8.81. The van der Waals surface area contributed by atoms with Crippen molar-refractivity contribution in [2.75, 3.05) is 5.73 Å². The van der Waals surface area contributed by atoms with Crippen molar-refractivity contribution in [1.82, 2.24) is 15.1 Å². The van der Waals surface area contributed by atoms with Gasteiger partial charge in [-0.3, -0.25) is 9.48 Å². The molecule has 0 unspecified atom stereocenters. The van der Waals surface area contributed by atoms with Gasteiger partial charge in [0, 0.05) is 25.5 Å². The molecule has 2 rings (SSSR count). The monoisotopic (exact) mass is 258 g/mol. The van der Waals surface area contributed by atoms with Gasteiger partial charge >= 0.3 is 0 Å². The first kappa shape index (κ1) is 13.1. The molecule has 19 heavy (non-hydrogen) atoms. The molecule has 0 aliphatic rings. The van der Waals surface area contributed by atoms with Gasteiger partial charge in [-0.1, -0.05) is 19.1 Å². The predicted octanol–water partition coefficient (Wildman–Crippen LogP) is 1.49. The van der Waals surface area contributed by atoms with Crippen molar-refractivity contribution in [3.63, 3.8) is 0 Å². The molecule has 0 saturated heterocycles. The van der Waals surface area contributed by atoms with E-state index < -0.39 is 0 Å². The molecule has 5 heteroatoms. The van der Waals surface area contributed by atoms with Crippen LogP contribution >= 0.6 is 0 Å². The smallest absolute Gasteiger partial charge is 0.255 e. The number of carbonyl (C=O) groups is 1. The van der Waals surface area contributed by atoms with Gasteiger partial charge in [0.25, 0.3) is 5.91 Å². The zero-order valence-corrected chi connectivity index (χ0v) is 11.2. The fourth-order valence-corrected chi connectivity index (χ4v) is 1.90. The second-order valence-electron chi connectivity index (χ2n) is 4.44. The summed E-state index contributed by atoms with van der Waals surface area (Å²) < 4.78 is 1.66. The van der Waals surface area contributed by atoms with Gasteiger partial charge < -0.3 is 11.1 Å². The van der Waals surface area contributed by atoms with Gasteiger partial charge in [0.05, 0.1) is 11.3 Å². The third kappa shape index (κ3) is 3.13. The van der Waals surface area contributed by atoms with Gasteiger partial charge in [0.2, 0.25) is 0 Å². The summed E-state index contributed by atoms with van der Waals surface area (Å²) in [7, 11) is 1.82. The molecule has 0 aliphatic heterocycles. The van der Waals surface area contributed by atoms with Crippen LogP contribution in [0.2, 0.25) is 0 Å². The van der Waals surface area contributed by atoms with Crippen LogP contribution < -0.4 is 11.1 Å². The zero-order valence-electron chi connectivity index (χ0n) is 11.2. The van der Waals surface area contributed by atoms with Crippen molar-refractivity contribution >= 4 is 11.6 Å². The number of carbonyl (C=O) groups excluding carboxylic acids is 1. The van der Waals surface area contributed by atoms with E-state index in [9.17, 15) is 4.79 Å². The number of hydrogen-bond donors (Lipinski definition) is 2. The lowest BCUT2D eigenvalue weighted by Gasteiger charge is -2.05. The fourth-order valence-electron chi connectivity index (χ4n) is 1.90. The lowest BCUT2D eigenvalue weighted by Crippen LogP contribution is -2.23. The molecular weight excluding hydrogens is 240 g/mol. The number of aryl methyl sites for hydroxylation is 2. The molecule has 1 aromatic heterocycles. The molecule has 1 heterocycles. The molecule has 1 amide bonds. The van der Waals surface area contributed by atoms with Crippen molar-refractivity contribution in [2.24, 2.45) is 7.05 Å². The highest BCUT2D eigenvalue weighted by molar-refractivity contribution is 5.95. The minimum atomic E-state index is -0.0956. The molecule has 2 aromatic rings. The topological polar surface area (TPSA) is 72.9 Å². The Hall–Kier alpha value is -2.30. The Morgan fingerprint density at radius 1 is 1.37 bits per heavy atom. The third-order valence-electron chi connectivity index (χ3n) is 2.92. The van der Waals surface area contributed by atoms with Crippen molar-refractivity contribution < 1.29 is 4.79 Å². The van der Waals surface area contributed by atoms with E-state index in [1.807, 2.05) is 38.2 Å². The summed E-state index contributed by atoms with van der Waals surface area (Å²) >= 11 is 0. The van der Waals surface area contributed by atoms with Crippen LogP contribution in [0.1, 0.15) is 28.5 Å². The molecule has 0 aliphatic carbocycles. The number of nitrogen functional groups attached to an aromatic ring is 1. The standard InChI is InChI=1S/C14H18N4O/c1-3-13-12(9-18(2)17-13)14(19)16-8-10-4-6-11(15)7-5-10/h4-7,9H,3,8,15H2,1-2H3,(H,16,19). The number of benzene rings is 1. The summed E-state index contributed by atoms with van der Waals surface area (Å²) in [4.78, 5) is 12.1. The van der Waals surface area contributed by atoms with Gasteiger partial charge in [-0.05, 0) is 24.1 Å². The van der Waals surface area contributed by atoms with Crippen molar-refractivity contribution in [3.8, 4) is 0 Å². The van der Waals surface area contributed by atoms with E-state index in [0.717, 1.165) is 23.4 Å². The van der Waals surface area contributed by atoms with Crippen LogP contribution in [-0.4, -0.2) is 15.7 Å². The van der Waals surface area contributed by atoms with Crippen LogP contribution in [0.25, 0.3) is 0 Å². The molecule has 0 spiro atoms. The highest BCUT2D eigenvalue weighted by atomic mass is 16.1. The number of nitrogens with two attached hydrogens (primary N) is 1. The Morgan fingerprint density at radius 3 is 2.68 bits per heavy atom. The number of rotatable bonds is 4. The van der Waals surface area contributed by atoms with E-state index in [0.29, 0.717) is 12.1 Å². The van der Waals surface area contributed by atoms with E-state index in [-0.39, 0.29) is 5.91 Å². The highest BCUT2D eigenvalue weighted by Crippen LogP contribution is 2.08. The lowest BCUT2D eigenvalue weighted by molar-refractivity contribution is 0.0950. The van der Waals surface area contributed by atoms with Crippen LogP contribution in [0.3, 0.4) is 0 Å². The van der Waals surface area contributed by atoms with E-state index >= 15 is 0 Å². The second kappa shape index (κ2) is 5.56. The second-order valence-corrected chi connectivity index (χ2v) is 4.44. The van der Waals surface area contributed by atoms with Gasteiger partial charge in [0.1, 0.15) is 0 Å². The molecular formula is C14H18N4O. The maximum atomic E-state index is 12.1. The largest absolute Gasteiger partial charge is 0.399 e. The number of aromatic nitrogens is 2. The third-order valence-corrected chi connectivity index (χ3v) is 2.92. The number of anilines is 1. The van der Waals surface area contributed by atoms with Crippen LogP contribution in [0.15, 0.2) is 30.5 Å². The Bertz CT molecular complexity index is 572. The van der Waals surface area contributed by atoms with E-state index in [2.05, 4.69) is 10.4 Å². The normalized spacial score (nSPS) is 10.4. The summed E-state index contributed by atoms with van der Waals surface area (Å²) in [6.45, 7) is 2.47. The van der Waals surface area contributed by atoms with Crippen molar-refractivity contribution in [2.45, 2.75) is 19.9 Å². The molecule has 5 nitrogen and oxygen atoms in total. The van der Waals surface area contributed by atoms with Gasteiger partial charge in [-0.2, -0.15) is 5.10 Å². The highest BCUT2D eigenvalue weighted by Gasteiger charge is 2.13. The summed E-state index contributed by atoms with van der Waals surface area (Å²) in [5, 5.41) is 7.15. The van der Waals surface area contributed by atoms with Crippen molar-refractivity contribution in [1.29, 1.82) is 0 Å². The van der Waals surface area contributed by atoms with Crippen LogP contribution in [0.4, 0.5) is 5.69 Å². The molecule has 0 radical (unpaired) electrons. The van der Waals surface area contributed by atoms with E-state index in [1.165, 1.54) is 0 Å². The molecule has 0 saturated carbocycles. The fraction of sp³-hybridized carbons (Fsp3) is 0.286. The average molecular weight is 258 g/mol. The van der Waals surface area contributed by atoms with Gasteiger partial charge in [-0.15, -0.1) is 0 Å². The van der Waals surface area contributed by atoms with Crippen LogP contribution in [-0.2, 0) is 20.0 Å². The number of hydrogen-bond acceptors (Lipinski definition) is 3. The van der Waals surface area contributed by atoms with Crippen LogP contribution in [0, 0.1) is 0 Å². The van der Waals surface area contributed by atoms with Crippen molar-refractivity contribution in [3.05, 3.63) is 47.3 Å². The van der Waals surface area contributed by atoms with E-state index in [4.69, 9.17) is 5.73 Å². The maximum absolute atomic E-state index is 12.1. The zero-order chi connectivity index (χ0) is 13.8. The van der Waals surface area contributed by atoms with Gasteiger partial charge in [0.15, 0.2) is 0 Å². The van der Waals surface area contributed by atoms with Crippen LogP contribution in [0.5, 0.6) is 0 Å². The first-order chi connectivity index (χ1) is 9.10. The van der Waals surface area contributed by atoms with E-state index in [1.54, 1.807) is 10.9 Å². The summed E-state index contributed by atoms with van der Waals surface area (Å²) in [6.07, 6.45) is 2.49. The quantitative estimate of drug-likeness (QED) is 0.816. The Kier molecular flexibility index (Phi) is 3.85. The van der Waals surface area contributed by atoms with Gasteiger partial charge in [-0.25, -0.2) is 0 Å². The molecule has 0 atom stereocenters. The number of nitrogens with zero attached hydrogens (tertiary/aromatic N) is 2. The molecule has 0 fully saturated rings. The molecule has 3 N–H and O–H groups in total. The molecule has 100 valence electrons. The first-order valence-electron chi connectivity index (χ1n) is 6.25. The number of amides is 1. The summed E-state index contributed by atoms with van der Waals surface area (Å²) in [6, 6.07) is 7.45. The predicted molar refractivity (Wildman–Crippen MR) is 74.6 cm³/mol. The minimum Gasteiger partial charge on any atom is -0.399 e.